The van der Waals surface area contributed by atoms with Gasteiger partial charge in [0.25, 0.3) is 0 Å². The molecule has 2 nitrogen and oxygen atoms in total. The van der Waals surface area contributed by atoms with Crippen LogP contribution in [-0.2, 0) is 6.18 Å². The van der Waals surface area contributed by atoms with E-state index in [1.54, 1.807) is 0 Å². The highest BCUT2D eigenvalue weighted by molar-refractivity contribution is 5.88. The molecule has 0 radical (unpaired) electrons. The van der Waals surface area contributed by atoms with Crippen LogP contribution in [0.4, 0.5) is 17.6 Å². The Kier molecular flexibility index (Phi) is 2.22. The monoisotopic (exact) mass is 232 g/mol. The van der Waals surface area contributed by atoms with Gasteiger partial charge in [-0.2, -0.15) is 13.2 Å². The average Bonchev–Trinajstić information content (AvgIpc) is 2.60. The summed E-state index contributed by atoms with van der Waals surface area (Å²) in [5.74, 6) is -1.28. The highest BCUT2D eigenvalue weighted by Crippen LogP contribution is 2.36. The zero-order valence-corrected chi connectivity index (χ0v) is 7.64. The van der Waals surface area contributed by atoms with Crippen molar-refractivity contribution >= 4 is 17.3 Å². The molecule has 0 unspecified atom stereocenters. The zero-order chi connectivity index (χ0) is 11.9. The van der Waals surface area contributed by atoms with Crippen molar-refractivity contribution in [3.8, 4) is 0 Å². The first-order valence-electron chi connectivity index (χ1n) is 4.18. The second-order valence-electron chi connectivity index (χ2n) is 3.10. The predicted molar refractivity (Wildman–Crippen MR) is 46.6 cm³/mol. The number of halogens is 4. The lowest BCUT2D eigenvalue weighted by Crippen LogP contribution is -2.05. The van der Waals surface area contributed by atoms with Gasteiger partial charge in [0.1, 0.15) is 0 Å². The number of aldehydes is 1. The van der Waals surface area contributed by atoms with Gasteiger partial charge < -0.3 is 4.42 Å². The third kappa shape index (κ3) is 1.56. The molecule has 0 atom stereocenters. The Hall–Kier alpha value is -1.85. The summed E-state index contributed by atoms with van der Waals surface area (Å²) < 4.78 is 55.3. The van der Waals surface area contributed by atoms with Crippen LogP contribution in [0.25, 0.3) is 11.0 Å². The fraction of sp³-hybridized carbons (Fsp3) is 0.100. The highest BCUT2D eigenvalue weighted by atomic mass is 19.4. The molecule has 2 aromatic rings. The third-order valence-corrected chi connectivity index (χ3v) is 2.08. The van der Waals surface area contributed by atoms with E-state index in [9.17, 15) is 22.4 Å². The lowest BCUT2D eigenvalue weighted by Gasteiger charge is -2.06. The van der Waals surface area contributed by atoms with Crippen molar-refractivity contribution < 1.29 is 26.8 Å². The molecule has 0 aliphatic carbocycles. The van der Waals surface area contributed by atoms with Crippen molar-refractivity contribution in [3.05, 3.63) is 35.3 Å². The first-order chi connectivity index (χ1) is 7.43. The largest absolute Gasteiger partial charge is 0.450 e. The van der Waals surface area contributed by atoms with E-state index in [2.05, 4.69) is 4.42 Å². The Morgan fingerprint density at radius 3 is 2.50 bits per heavy atom. The molecule has 6 heteroatoms. The molecule has 84 valence electrons. The molecule has 1 aromatic carbocycles. The van der Waals surface area contributed by atoms with Gasteiger partial charge >= 0.3 is 6.18 Å². The number of fused-ring (bicyclic) bond motifs is 1. The van der Waals surface area contributed by atoms with Gasteiger partial charge in [0.2, 0.25) is 0 Å². The van der Waals surface area contributed by atoms with E-state index in [0.717, 1.165) is 6.07 Å². The molecule has 0 aliphatic rings. The van der Waals surface area contributed by atoms with Crippen LogP contribution in [0.5, 0.6) is 0 Å². The van der Waals surface area contributed by atoms with E-state index < -0.39 is 28.5 Å². The molecular formula is C10H4F4O2. The lowest BCUT2D eigenvalue weighted by atomic mass is 10.1. The normalized spacial score (nSPS) is 12.0. The van der Waals surface area contributed by atoms with Gasteiger partial charge in [0.15, 0.2) is 23.4 Å². The molecular weight excluding hydrogens is 228 g/mol. The molecule has 0 fully saturated rings. The molecule has 0 spiro atoms. The van der Waals surface area contributed by atoms with E-state index in [0.29, 0.717) is 12.1 Å². The fourth-order valence-corrected chi connectivity index (χ4v) is 1.41. The van der Waals surface area contributed by atoms with Gasteiger partial charge in [-0.05, 0) is 18.2 Å². The molecule has 1 aromatic heterocycles. The summed E-state index contributed by atoms with van der Waals surface area (Å²) in [7, 11) is 0. The SMILES string of the molecule is O=Cc1cc2c(C(F)(F)F)ccc(F)c2o1. The van der Waals surface area contributed by atoms with E-state index in [4.69, 9.17) is 0 Å². The summed E-state index contributed by atoms with van der Waals surface area (Å²) >= 11 is 0. The molecule has 0 saturated carbocycles. The fourth-order valence-electron chi connectivity index (χ4n) is 1.41. The maximum Gasteiger partial charge on any atom is 0.417 e. The van der Waals surface area contributed by atoms with Crippen LogP contribution in [0.1, 0.15) is 16.1 Å². The summed E-state index contributed by atoms with van der Waals surface area (Å²) in [5, 5.41) is -0.449. The lowest BCUT2D eigenvalue weighted by molar-refractivity contribution is -0.136. The molecule has 0 bridgehead atoms. The number of alkyl halides is 3. The number of carbonyl (C=O) groups excluding carboxylic acids is 1. The molecule has 0 amide bonds. The first-order valence-corrected chi connectivity index (χ1v) is 4.18. The number of hydrogen-bond acceptors (Lipinski definition) is 2. The number of rotatable bonds is 1. The van der Waals surface area contributed by atoms with Gasteiger partial charge in [0, 0.05) is 5.39 Å². The first kappa shape index (κ1) is 10.7. The van der Waals surface area contributed by atoms with Crippen LogP contribution in [0.2, 0.25) is 0 Å². The average molecular weight is 232 g/mol. The molecule has 16 heavy (non-hydrogen) atoms. The Morgan fingerprint density at radius 2 is 1.94 bits per heavy atom. The van der Waals surface area contributed by atoms with Gasteiger partial charge in [-0.15, -0.1) is 0 Å². The van der Waals surface area contributed by atoms with Crippen LogP contribution in [0, 0.1) is 5.82 Å². The summed E-state index contributed by atoms with van der Waals surface area (Å²) in [6.45, 7) is 0. The molecule has 0 aliphatic heterocycles. The van der Waals surface area contributed by atoms with E-state index in [-0.39, 0.29) is 12.0 Å². The number of carbonyl (C=O) groups is 1. The van der Waals surface area contributed by atoms with Crippen LogP contribution in [-0.4, -0.2) is 6.29 Å². The second kappa shape index (κ2) is 3.33. The van der Waals surface area contributed by atoms with Crippen molar-refractivity contribution in [1.29, 1.82) is 0 Å². The molecule has 2 rings (SSSR count). The van der Waals surface area contributed by atoms with Crippen molar-refractivity contribution in [2.45, 2.75) is 6.18 Å². The Labute approximate surface area is 86.5 Å². The highest BCUT2D eigenvalue weighted by Gasteiger charge is 2.34. The maximum absolute atomic E-state index is 13.1. The quantitative estimate of drug-likeness (QED) is 0.557. The number of furan rings is 1. The van der Waals surface area contributed by atoms with Crippen LogP contribution < -0.4 is 0 Å². The summed E-state index contributed by atoms with van der Waals surface area (Å²) in [5.41, 5.74) is -1.59. The van der Waals surface area contributed by atoms with Crippen molar-refractivity contribution in [3.63, 3.8) is 0 Å². The van der Waals surface area contributed by atoms with Crippen LogP contribution in [0.15, 0.2) is 22.6 Å². The molecule has 0 saturated heterocycles. The Balaban J connectivity index is 2.82. The van der Waals surface area contributed by atoms with Crippen LogP contribution >= 0.6 is 0 Å². The van der Waals surface area contributed by atoms with E-state index in [1.165, 1.54) is 0 Å². The minimum absolute atomic E-state index is 0.222. The summed E-state index contributed by atoms with van der Waals surface area (Å²) in [6, 6.07) is 2.14. The number of hydrogen-bond donors (Lipinski definition) is 0. The second-order valence-corrected chi connectivity index (χ2v) is 3.10. The Bertz CT molecular complexity index is 554. The van der Waals surface area contributed by atoms with Gasteiger partial charge in [-0.3, -0.25) is 4.79 Å². The van der Waals surface area contributed by atoms with Crippen molar-refractivity contribution in [2.75, 3.05) is 0 Å². The smallest absolute Gasteiger partial charge is 0.417 e. The van der Waals surface area contributed by atoms with E-state index >= 15 is 0 Å². The van der Waals surface area contributed by atoms with Crippen molar-refractivity contribution in [1.82, 2.24) is 0 Å². The third-order valence-electron chi connectivity index (χ3n) is 2.08. The minimum Gasteiger partial charge on any atom is -0.450 e. The number of benzene rings is 1. The standard InChI is InChI=1S/C10H4F4O2/c11-8-2-1-7(10(12,13)14)6-3-5(4-15)16-9(6)8/h1-4H. The van der Waals surface area contributed by atoms with Crippen LogP contribution in [0.3, 0.4) is 0 Å². The van der Waals surface area contributed by atoms with Gasteiger partial charge in [0.05, 0.1) is 5.56 Å². The maximum atomic E-state index is 13.1. The molecule has 0 N–H and O–H groups in total. The summed E-state index contributed by atoms with van der Waals surface area (Å²) in [4.78, 5) is 10.4. The Morgan fingerprint density at radius 1 is 1.25 bits per heavy atom. The molecule has 1 heterocycles. The predicted octanol–water partition coefficient (Wildman–Crippen LogP) is 3.40. The topological polar surface area (TPSA) is 30.2 Å². The van der Waals surface area contributed by atoms with E-state index in [1.807, 2.05) is 0 Å². The van der Waals surface area contributed by atoms with Crippen molar-refractivity contribution in [2.24, 2.45) is 0 Å². The minimum atomic E-state index is -4.62. The summed E-state index contributed by atoms with van der Waals surface area (Å²) in [6.07, 6.45) is -4.39. The zero-order valence-electron chi connectivity index (χ0n) is 7.64. The van der Waals surface area contributed by atoms with Gasteiger partial charge in [-0.25, -0.2) is 4.39 Å². The van der Waals surface area contributed by atoms with Gasteiger partial charge in [-0.1, -0.05) is 0 Å².